The highest BCUT2D eigenvalue weighted by Gasteiger charge is 2.28. The maximum absolute atomic E-state index is 6.21. The lowest BCUT2D eigenvalue weighted by Gasteiger charge is -2.37. The van der Waals surface area contributed by atoms with Crippen LogP contribution in [0.5, 0.6) is 0 Å². The largest absolute Gasteiger partial charge is 0.383 e. The standard InChI is InChI=1S/C13H27N3O2/c1-17-8-7-16-6-2-3-11(10-16)18-13-4-5-15-9-12(13)14/h11-13,15H,2-10,14H2,1H3/t11-,12?,13?/m1/s1. The Morgan fingerprint density at radius 2 is 2.28 bits per heavy atom. The number of ether oxygens (including phenoxy) is 2. The van der Waals surface area contributed by atoms with E-state index in [4.69, 9.17) is 15.2 Å². The second-order valence-electron chi connectivity index (χ2n) is 5.39. The van der Waals surface area contributed by atoms with E-state index < -0.39 is 0 Å². The van der Waals surface area contributed by atoms with E-state index in [2.05, 4.69) is 10.2 Å². The second kappa shape index (κ2) is 7.40. The van der Waals surface area contributed by atoms with E-state index in [0.717, 1.165) is 39.2 Å². The summed E-state index contributed by atoms with van der Waals surface area (Å²) in [5.74, 6) is 0. The topological polar surface area (TPSA) is 59.8 Å². The number of hydrogen-bond donors (Lipinski definition) is 2. The molecule has 2 unspecified atom stereocenters. The van der Waals surface area contributed by atoms with E-state index in [1.807, 2.05) is 0 Å². The van der Waals surface area contributed by atoms with Gasteiger partial charge in [0.2, 0.25) is 0 Å². The van der Waals surface area contributed by atoms with Crippen LogP contribution in [-0.2, 0) is 9.47 Å². The quantitative estimate of drug-likeness (QED) is 0.714. The molecule has 0 bridgehead atoms. The van der Waals surface area contributed by atoms with Crippen molar-refractivity contribution in [3.8, 4) is 0 Å². The first-order valence-corrected chi connectivity index (χ1v) is 7.12. The van der Waals surface area contributed by atoms with Gasteiger partial charge < -0.3 is 20.5 Å². The number of nitrogens with one attached hydrogen (secondary N) is 1. The fourth-order valence-corrected chi connectivity index (χ4v) is 2.82. The van der Waals surface area contributed by atoms with Gasteiger partial charge in [-0.15, -0.1) is 0 Å². The first-order chi connectivity index (χ1) is 8.79. The molecule has 0 aromatic carbocycles. The Morgan fingerprint density at radius 3 is 3.06 bits per heavy atom. The van der Waals surface area contributed by atoms with Crippen LogP contribution < -0.4 is 11.1 Å². The Morgan fingerprint density at radius 1 is 1.39 bits per heavy atom. The smallest absolute Gasteiger partial charge is 0.0754 e. The van der Waals surface area contributed by atoms with Crippen molar-refractivity contribution in [3.63, 3.8) is 0 Å². The Kier molecular flexibility index (Phi) is 5.85. The summed E-state index contributed by atoms with van der Waals surface area (Å²) in [6.45, 7) is 5.92. The number of nitrogens with two attached hydrogens (primary N) is 1. The zero-order chi connectivity index (χ0) is 12.8. The van der Waals surface area contributed by atoms with Gasteiger partial charge in [-0.05, 0) is 32.4 Å². The van der Waals surface area contributed by atoms with E-state index >= 15 is 0 Å². The summed E-state index contributed by atoms with van der Waals surface area (Å²) in [5.41, 5.74) is 6.09. The van der Waals surface area contributed by atoms with Gasteiger partial charge >= 0.3 is 0 Å². The van der Waals surface area contributed by atoms with Crippen LogP contribution >= 0.6 is 0 Å². The molecule has 3 N–H and O–H groups in total. The molecular formula is C13H27N3O2. The van der Waals surface area contributed by atoms with Crippen LogP contribution in [0.15, 0.2) is 0 Å². The Bertz CT molecular complexity index is 240. The molecule has 0 saturated carbocycles. The SMILES string of the molecule is COCCN1CCC[C@@H](OC2CCNCC2N)C1. The maximum Gasteiger partial charge on any atom is 0.0754 e. The third kappa shape index (κ3) is 4.17. The van der Waals surface area contributed by atoms with Crippen LogP contribution in [0.2, 0.25) is 0 Å². The van der Waals surface area contributed by atoms with E-state index in [-0.39, 0.29) is 12.1 Å². The Balaban J connectivity index is 1.74. The number of rotatable bonds is 5. The first-order valence-electron chi connectivity index (χ1n) is 7.12. The number of piperidine rings is 2. The minimum Gasteiger partial charge on any atom is -0.383 e. The number of hydrogen-bond acceptors (Lipinski definition) is 5. The fourth-order valence-electron chi connectivity index (χ4n) is 2.82. The lowest BCUT2D eigenvalue weighted by molar-refractivity contribution is -0.0671. The monoisotopic (exact) mass is 257 g/mol. The van der Waals surface area contributed by atoms with E-state index in [0.29, 0.717) is 6.10 Å². The highest BCUT2D eigenvalue weighted by Crippen LogP contribution is 2.17. The van der Waals surface area contributed by atoms with Crippen LogP contribution in [0.3, 0.4) is 0 Å². The molecule has 5 nitrogen and oxygen atoms in total. The molecule has 2 aliphatic heterocycles. The van der Waals surface area contributed by atoms with Crippen molar-refractivity contribution < 1.29 is 9.47 Å². The molecule has 0 aromatic rings. The van der Waals surface area contributed by atoms with Gasteiger partial charge in [0.1, 0.15) is 0 Å². The van der Waals surface area contributed by atoms with Crippen molar-refractivity contribution in [3.05, 3.63) is 0 Å². The molecule has 106 valence electrons. The third-order valence-electron chi connectivity index (χ3n) is 3.90. The molecule has 0 aromatic heterocycles. The highest BCUT2D eigenvalue weighted by atomic mass is 16.5. The normalized spacial score (nSPS) is 34.7. The number of nitrogens with zero attached hydrogens (tertiary/aromatic N) is 1. The Hall–Kier alpha value is -0.200. The molecule has 2 heterocycles. The summed E-state index contributed by atoms with van der Waals surface area (Å²) in [4.78, 5) is 2.43. The predicted molar refractivity (Wildman–Crippen MR) is 71.7 cm³/mol. The summed E-state index contributed by atoms with van der Waals surface area (Å²) in [6.07, 6.45) is 4.01. The minimum atomic E-state index is 0.146. The minimum absolute atomic E-state index is 0.146. The maximum atomic E-state index is 6.21. The van der Waals surface area contributed by atoms with Gasteiger partial charge in [0.25, 0.3) is 0 Å². The molecule has 0 amide bonds. The van der Waals surface area contributed by atoms with Crippen LogP contribution in [0, 0.1) is 0 Å². The third-order valence-corrected chi connectivity index (χ3v) is 3.90. The van der Waals surface area contributed by atoms with Crippen LogP contribution in [0.1, 0.15) is 19.3 Å². The second-order valence-corrected chi connectivity index (χ2v) is 5.39. The van der Waals surface area contributed by atoms with Gasteiger partial charge in [-0.2, -0.15) is 0 Å². The zero-order valence-corrected chi connectivity index (χ0v) is 11.4. The molecule has 0 radical (unpaired) electrons. The first kappa shape index (κ1) is 14.2. The van der Waals surface area contributed by atoms with Gasteiger partial charge in [-0.3, -0.25) is 4.90 Å². The van der Waals surface area contributed by atoms with Crippen LogP contribution in [0.4, 0.5) is 0 Å². The van der Waals surface area contributed by atoms with E-state index in [9.17, 15) is 0 Å². The molecule has 0 spiro atoms. The predicted octanol–water partition coefficient (Wildman–Crippen LogP) is -0.197. The summed E-state index contributed by atoms with van der Waals surface area (Å²) < 4.78 is 11.3. The molecule has 18 heavy (non-hydrogen) atoms. The van der Waals surface area contributed by atoms with E-state index in [1.165, 1.54) is 19.4 Å². The zero-order valence-electron chi connectivity index (χ0n) is 11.4. The average Bonchev–Trinajstić information content (AvgIpc) is 2.40. The van der Waals surface area contributed by atoms with Crippen molar-refractivity contribution in [2.75, 3.05) is 46.4 Å². The molecule has 3 atom stereocenters. The van der Waals surface area contributed by atoms with Crippen LogP contribution in [0.25, 0.3) is 0 Å². The average molecular weight is 257 g/mol. The van der Waals surface area contributed by atoms with Gasteiger partial charge in [-0.1, -0.05) is 0 Å². The Labute approximate surface area is 110 Å². The summed E-state index contributed by atoms with van der Waals surface area (Å²) in [5, 5.41) is 3.31. The molecular weight excluding hydrogens is 230 g/mol. The number of methoxy groups -OCH3 is 1. The fraction of sp³-hybridized carbons (Fsp3) is 1.00. The highest BCUT2D eigenvalue weighted by molar-refractivity contribution is 4.84. The molecule has 0 aliphatic carbocycles. The van der Waals surface area contributed by atoms with Gasteiger partial charge in [0.05, 0.1) is 18.8 Å². The van der Waals surface area contributed by atoms with Gasteiger partial charge in [0.15, 0.2) is 0 Å². The van der Waals surface area contributed by atoms with Crippen molar-refractivity contribution in [1.82, 2.24) is 10.2 Å². The molecule has 2 fully saturated rings. The molecule has 2 rings (SSSR count). The van der Waals surface area contributed by atoms with Gasteiger partial charge in [0, 0.05) is 32.8 Å². The lowest BCUT2D eigenvalue weighted by atomic mass is 10.0. The van der Waals surface area contributed by atoms with Crippen molar-refractivity contribution in [2.45, 2.75) is 37.5 Å². The molecule has 5 heteroatoms. The molecule has 2 aliphatic rings. The van der Waals surface area contributed by atoms with Crippen molar-refractivity contribution >= 4 is 0 Å². The summed E-state index contributed by atoms with van der Waals surface area (Å²) in [7, 11) is 1.76. The molecule has 2 saturated heterocycles. The summed E-state index contributed by atoms with van der Waals surface area (Å²) in [6, 6.07) is 0.146. The van der Waals surface area contributed by atoms with Crippen molar-refractivity contribution in [1.29, 1.82) is 0 Å². The van der Waals surface area contributed by atoms with Crippen molar-refractivity contribution in [2.24, 2.45) is 5.73 Å². The van der Waals surface area contributed by atoms with E-state index in [1.54, 1.807) is 7.11 Å². The number of likely N-dealkylation sites (tertiary alicyclic amines) is 1. The van der Waals surface area contributed by atoms with Gasteiger partial charge in [-0.25, -0.2) is 0 Å². The summed E-state index contributed by atoms with van der Waals surface area (Å²) >= 11 is 0. The van der Waals surface area contributed by atoms with Crippen LogP contribution in [-0.4, -0.2) is 69.6 Å². The lowest BCUT2D eigenvalue weighted by Crippen LogP contribution is -2.53.